The average molecular weight is 426 g/mol. The highest BCUT2D eigenvalue weighted by molar-refractivity contribution is 7.98. The molecule has 6 nitrogen and oxygen atoms in total. The fourth-order valence-corrected chi connectivity index (χ4v) is 5.26. The Kier molecular flexibility index (Phi) is 8.12. The van der Waals surface area contributed by atoms with E-state index in [1.165, 1.54) is 6.08 Å². The van der Waals surface area contributed by atoms with Crippen LogP contribution in [0.4, 0.5) is 0 Å². The summed E-state index contributed by atoms with van der Waals surface area (Å²) in [6.07, 6.45) is 6.03. The zero-order chi connectivity index (χ0) is 20.7. The molecule has 8 heteroatoms. The van der Waals surface area contributed by atoms with Gasteiger partial charge in [0, 0.05) is 23.1 Å². The van der Waals surface area contributed by atoms with Crippen LogP contribution >= 0.6 is 11.8 Å². The maximum Gasteiger partial charge on any atom is 0.331 e. The third-order valence-electron chi connectivity index (χ3n) is 4.82. The number of esters is 1. The van der Waals surface area contributed by atoms with E-state index < -0.39 is 22.4 Å². The Hall–Kier alpha value is -1.80. The van der Waals surface area contributed by atoms with E-state index in [4.69, 9.17) is 4.74 Å². The predicted molar refractivity (Wildman–Crippen MR) is 112 cm³/mol. The normalized spacial score (nSPS) is 19.5. The molecular weight excluding hydrogens is 398 g/mol. The van der Waals surface area contributed by atoms with Gasteiger partial charge in [-0.25, -0.2) is 13.2 Å². The first-order valence-electron chi connectivity index (χ1n) is 9.26. The Labute approximate surface area is 171 Å². The number of sulfone groups is 1. The van der Waals surface area contributed by atoms with E-state index in [0.717, 1.165) is 10.5 Å². The number of carbonyl (C=O) groups excluding carboxylic acids is 2. The van der Waals surface area contributed by atoms with Gasteiger partial charge in [0.2, 0.25) is 0 Å². The SMILES string of the molecule is CC[C@H](C)N(C(=O)COC(=O)/C=C/c1ccc(SC)cc1)[C@@H]1CCS(=O)(=O)C1. The highest BCUT2D eigenvalue weighted by Gasteiger charge is 2.36. The summed E-state index contributed by atoms with van der Waals surface area (Å²) in [6, 6.07) is 7.24. The van der Waals surface area contributed by atoms with E-state index in [-0.39, 0.29) is 29.5 Å². The van der Waals surface area contributed by atoms with Crippen LogP contribution in [-0.2, 0) is 24.2 Å². The Bertz CT molecular complexity index is 818. The van der Waals surface area contributed by atoms with Crippen molar-refractivity contribution in [3.05, 3.63) is 35.9 Å². The summed E-state index contributed by atoms with van der Waals surface area (Å²) in [6.45, 7) is 3.42. The zero-order valence-electron chi connectivity index (χ0n) is 16.5. The molecule has 2 rings (SSSR count). The van der Waals surface area contributed by atoms with Gasteiger partial charge in [-0.3, -0.25) is 4.79 Å². The molecule has 0 unspecified atom stereocenters. The highest BCUT2D eigenvalue weighted by atomic mass is 32.2. The zero-order valence-corrected chi connectivity index (χ0v) is 18.1. The first kappa shape index (κ1) is 22.5. The molecule has 0 aromatic heterocycles. The minimum Gasteiger partial charge on any atom is -0.452 e. The van der Waals surface area contributed by atoms with Crippen LogP contribution in [0.2, 0.25) is 0 Å². The molecule has 2 atom stereocenters. The van der Waals surface area contributed by atoms with Crippen LogP contribution in [0.25, 0.3) is 6.08 Å². The fourth-order valence-electron chi connectivity index (χ4n) is 3.14. The fraction of sp³-hybridized carbons (Fsp3) is 0.500. The third-order valence-corrected chi connectivity index (χ3v) is 7.31. The van der Waals surface area contributed by atoms with Crippen molar-refractivity contribution in [2.24, 2.45) is 0 Å². The molecule has 0 spiro atoms. The quantitative estimate of drug-likeness (QED) is 0.362. The summed E-state index contributed by atoms with van der Waals surface area (Å²) in [5.74, 6) is -0.897. The van der Waals surface area contributed by atoms with E-state index in [9.17, 15) is 18.0 Å². The molecule has 1 saturated heterocycles. The number of hydrogen-bond acceptors (Lipinski definition) is 6. The molecule has 0 aliphatic carbocycles. The van der Waals surface area contributed by atoms with Gasteiger partial charge in [-0.2, -0.15) is 0 Å². The minimum atomic E-state index is -3.11. The number of carbonyl (C=O) groups is 2. The monoisotopic (exact) mass is 425 g/mol. The lowest BCUT2D eigenvalue weighted by molar-refractivity contribution is -0.150. The van der Waals surface area contributed by atoms with Crippen LogP contribution < -0.4 is 0 Å². The second-order valence-electron chi connectivity index (χ2n) is 6.83. The lowest BCUT2D eigenvalue weighted by Crippen LogP contribution is -2.48. The van der Waals surface area contributed by atoms with E-state index >= 15 is 0 Å². The van der Waals surface area contributed by atoms with Gasteiger partial charge in [0.15, 0.2) is 16.4 Å². The van der Waals surface area contributed by atoms with Crippen molar-refractivity contribution in [2.45, 2.75) is 43.7 Å². The second-order valence-corrected chi connectivity index (χ2v) is 9.94. The number of nitrogens with zero attached hydrogens (tertiary/aromatic N) is 1. The molecule has 1 amide bonds. The van der Waals surface area contributed by atoms with Gasteiger partial charge in [-0.1, -0.05) is 19.1 Å². The maximum atomic E-state index is 12.6. The van der Waals surface area contributed by atoms with E-state index in [1.807, 2.05) is 44.4 Å². The molecular formula is C20H27NO5S2. The summed E-state index contributed by atoms with van der Waals surface area (Å²) in [7, 11) is -3.11. The van der Waals surface area contributed by atoms with Gasteiger partial charge in [-0.05, 0) is 49.8 Å². The summed E-state index contributed by atoms with van der Waals surface area (Å²) < 4.78 is 28.6. The lowest BCUT2D eigenvalue weighted by atomic mass is 10.1. The molecule has 1 aromatic rings. The Morgan fingerprint density at radius 1 is 1.32 bits per heavy atom. The van der Waals surface area contributed by atoms with Crippen molar-refractivity contribution in [1.82, 2.24) is 4.90 Å². The van der Waals surface area contributed by atoms with Gasteiger partial charge >= 0.3 is 5.97 Å². The van der Waals surface area contributed by atoms with Gasteiger partial charge in [0.25, 0.3) is 5.91 Å². The minimum absolute atomic E-state index is 0.0248. The summed E-state index contributed by atoms with van der Waals surface area (Å²) in [4.78, 5) is 27.3. The average Bonchev–Trinajstić information content (AvgIpc) is 3.04. The summed E-state index contributed by atoms with van der Waals surface area (Å²) in [5, 5.41) is 0. The standard InChI is InChI=1S/C20H27NO5S2/c1-4-15(2)21(17-11-12-28(24,25)14-17)19(22)13-26-20(23)10-7-16-5-8-18(27-3)9-6-16/h5-10,15,17H,4,11-14H2,1-3H3/b10-7+/t15-,17+/m0/s1. The molecule has 1 fully saturated rings. The predicted octanol–water partition coefficient (Wildman–Crippen LogP) is 2.78. The van der Waals surface area contributed by atoms with Gasteiger partial charge in [-0.15, -0.1) is 11.8 Å². The van der Waals surface area contributed by atoms with Gasteiger partial charge < -0.3 is 9.64 Å². The van der Waals surface area contributed by atoms with Crippen molar-refractivity contribution in [3.8, 4) is 0 Å². The molecule has 0 N–H and O–H groups in total. The molecule has 0 radical (unpaired) electrons. The van der Waals surface area contributed by atoms with E-state index in [1.54, 1.807) is 22.7 Å². The van der Waals surface area contributed by atoms with Crippen LogP contribution in [0.3, 0.4) is 0 Å². The van der Waals surface area contributed by atoms with Crippen molar-refractivity contribution < 1.29 is 22.7 Å². The molecule has 0 saturated carbocycles. The Morgan fingerprint density at radius 2 is 2.00 bits per heavy atom. The van der Waals surface area contributed by atoms with Crippen molar-refractivity contribution in [3.63, 3.8) is 0 Å². The van der Waals surface area contributed by atoms with Crippen molar-refractivity contribution >= 4 is 39.6 Å². The van der Waals surface area contributed by atoms with Crippen LogP contribution in [0.5, 0.6) is 0 Å². The third kappa shape index (κ3) is 6.38. The van der Waals surface area contributed by atoms with Crippen LogP contribution in [0.1, 0.15) is 32.3 Å². The van der Waals surface area contributed by atoms with Crippen molar-refractivity contribution in [2.75, 3.05) is 24.4 Å². The molecule has 1 heterocycles. The number of amides is 1. The maximum absolute atomic E-state index is 12.6. The molecule has 154 valence electrons. The highest BCUT2D eigenvalue weighted by Crippen LogP contribution is 2.21. The topological polar surface area (TPSA) is 80.8 Å². The molecule has 28 heavy (non-hydrogen) atoms. The smallest absolute Gasteiger partial charge is 0.331 e. The first-order chi connectivity index (χ1) is 13.3. The Balaban J connectivity index is 1.93. The van der Waals surface area contributed by atoms with E-state index in [0.29, 0.717) is 12.8 Å². The van der Waals surface area contributed by atoms with Gasteiger partial charge in [0.1, 0.15) is 0 Å². The molecule has 1 aromatic carbocycles. The first-order valence-corrected chi connectivity index (χ1v) is 12.3. The van der Waals surface area contributed by atoms with Gasteiger partial charge in [0.05, 0.1) is 11.5 Å². The van der Waals surface area contributed by atoms with Crippen LogP contribution in [0.15, 0.2) is 35.2 Å². The van der Waals surface area contributed by atoms with Crippen molar-refractivity contribution in [1.29, 1.82) is 0 Å². The van der Waals surface area contributed by atoms with Crippen LogP contribution in [0, 0.1) is 0 Å². The molecule has 0 bridgehead atoms. The molecule has 1 aliphatic rings. The van der Waals surface area contributed by atoms with E-state index in [2.05, 4.69) is 0 Å². The van der Waals surface area contributed by atoms with Crippen LogP contribution in [-0.4, -0.2) is 61.6 Å². The number of ether oxygens (including phenoxy) is 1. The second kappa shape index (κ2) is 10.1. The summed E-state index contributed by atoms with van der Waals surface area (Å²) >= 11 is 1.63. The largest absolute Gasteiger partial charge is 0.452 e. The number of hydrogen-bond donors (Lipinski definition) is 0. The number of thioether (sulfide) groups is 1. The summed E-state index contributed by atoms with van der Waals surface area (Å²) in [5.41, 5.74) is 0.860. The number of rotatable bonds is 8. The number of benzene rings is 1. The molecule has 1 aliphatic heterocycles. The lowest BCUT2D eigenvalue weighted by Gasteiger charge is -2.33. The Morgan fingerprint density at radius 3 is 2.54 bits per heavy atom.